The van der Waals surface area contributed by atoms with E-state index in [4.69, 9.17) is 9.47 Å². The zero-order valence-electron chi connectivity index (χ0n) is 12.1. The highest BCUT2D eigenvalue weighted by Gasteiger charge is 2.35. The van der Waals surface area contributed by atoms with Gasteiger partial charge < -0.3 is 9.47 Å². The fraction of sp³-hybridized carbons (Fsp3) is 0.471. The molecule has 0 heterocycles. The minimum atomic E-state index is 0.207. The lowest BCUT2D eigenvalue weighted by molar-refractivity contribution is -0.115. The van der Waals surface area contributed by atoms with Crippen molar-refractivity contribution in [2.75, 3.05) is 14.2 Å². The summed E-state index contributed by atoms with van der Waals surface area (Å²) in [5.74, 6) is 2.15. The van der Waals surface area contributed by atoms with Crippen molar-refractivity contribution in [1.29, 1.82) is 0 Å². The first-order chi connectivity index (χ1) is 9.74. The molecule has 0 fully saturated rings. The van der Waals surface area contributed by atoms with E-state index in [1.165, 1.54) is 12.0 Å². The Hall–Kier alpha value is -1.77. The summed E-state index contributed by atoms with van der Waals surface area (Å²) in [6.45, 7) is 0. The summed E-state index contributed by atoms with van der Waals surface area (Å²) in [4.78, 5) is 12.2. The van der Waals surface area contributed by atoms with Crippen molar-refractivity contribution in [3.05, 3.63) is 34.9 Å². The number of ether oxygens (including phenoxy) is 2. The summed E-state index contributed by atoms with van der Waals surface area (Å²) in [5, 5.41) is 0. The highest BCUT2D eigenvalue weighted by molar-refractivity contribution is 6.00. The van der Waals surface area contributed by atoms with Gasteiger partial charge in [0.2, 0.25) is 0 Å². The molecule has 3 heteroatoms. The SMILES string of the molecule is COc1ccc(C2CC(=O)C3=C2CCCC3)c(OC)c1. The summed E-state index contributed by atoms with van der Waals surface area (Å²) < 4.78 is 10.7. The Balaban J connectivity index is 2.01. The lowest BCUT2D eigenvalue weighted by atomic mass is 9.85. The molecular weight excluding hydrogens is 252 g/mol. The van der Waals surface area contributed by atoms with E-state index in [0.717, 1.165) is 41.9 Å². The lowest BCUT2D eigenvalue weighted by Gasteiger charge is -2.21. The highest BCUT2D eigenvalue weighted by atomic mass is 16.5. The van der Waals surface area contributed by atoms with Crippen LogP contribution in [-0.4, -0.2) is 20.0 Å². The molecule has 0 aromatic heterocycles. The molecule has 20 heavy (non-hydrogen) atoms. The van der Waals surface area contributed by atoms with E-state index >= 15 is 0 Å². The maximum absolute atomic E-state index is 12.2. The molecule has 1 aromatic carbocycles. The quantitative estimate of drug-likeness (QED) is 0.843. The normalized spacial score (nSPS) is 21.9. The number of benzene rings is 1. The summed E-state index contributed by atoms with van der Waals surface area (Å²) >= 11 is 0. The van der Waals surface area contributed by atoms with E-state index < -0.39 is 0 Å². The van der Waals surface area contributed by atoms with Crippen LogP contribution in [0.25, 0.3) is 0 Å². The van der Waals surface area contributed by atoms with Crippen LogP contribution in [0, 0.1) is 0 Å². The molecule has 0 bridgehead atoms. The third-order valence-corrected chi connectivity index (χ3v) is 4.47. The van der Waals surface area contributed by atoms with Gasteiger partial charge in [0.1, 0.15) is 11.5 Å². The molecule has 0 saturated heterocycles. The molecule has 3 rings (SSSR count). The second-order valence-electron chi connectivity index (χ2n) is 5.50. The molecular formula is C17H20O3. The zero-order chi connectivity index (χ0) is 14.1. The van der Waals surface area contributed by atoms with E-state index in [-0.39, 0.29) is 5.92 Å². The van der Waals surface area contributed by atoms with E-state index in [0.29, 0.717) is 12.2 Å². The Labute approximate surface area is 119 Å². The van der Waals surface area contributed by atoms with Gasteiger partial charge in [-0.2, -0.15) is 0 Å². The molecule has 1 atom stereocenters. The second kappa shape index (κ2) is 5.31. The summed E-state index contributed by atoms with van der Waals surface area (Å²) in [6, 6.07) is 5.89. The van der Waals surface area contributed by atoms with Crippen LogP contribution in [0.3, 0.4) is 0 Å². The molecule has 1 unspecified atom stereocenters. The highest BCUT2D eigenvalue weighted by Crippen LogP contribution is 2.47. The maximum atomic E-state index is 12.2. The summed E-state index contributed by atoms with van der Waals surface area (Å²) in [5.41, 5.74) is 3.57. The van der Waals surface area contributed by atoms with Crippen LogP contribution in [0.15, 0.2) is 29.3 Å². The van der Waals surface area contributed by atoms with Crippen LogP contribution in [-0.2, 0) is 4.79 Å². The number of carbonyl (C=O) groups is 1. The van der Waals surface area contributed by atoms with E-state index in [1.807, 2.05) is 18.2 Å². The van der Waals surface area contributed by atoms with Gasteiger partial charge in [-0.05, 0) is 37.3 Å². The number of methoxy groups -OCH3 is 2. The van der Waals surface area contributed by atoms with Crippen molar-refractivity contribution in [3.8, 4) is 11.5 Å². The Morgan fingerprint density at radius 2 is 1.90 bits per heavy atom. The number of hydrogen-bond donors (Lipinski definition) is 0. The minimum absolute atomic E-state index is 0.207. The molecule has 2 aliphatic rings. The standard InChI is InChI=1S/C17H20O3/c1-19-11-7-8-14(17(9-11)20-2)15-10-16(18)13-6-4-3-5-12(13)15/h7-9,15H,3-6,10H2,1-2H3. The molecule has 3 nitrogen and oxygen atoms in total. The van der Waals surface area contributed by atoms with Crippen LogP contribution in [0.2, 0.25) is 0 Å². The van der Waals surface area contributed by atoms with Crippen molar-refractivity contribution < 1.29 is 14.3 Å². The number of hydrogen-bond acceptors (Lipinski definition) is 3. The number of carbonyl (C=O) groups excluding carboxylic acids is 1. The second-order valence-corrected chi connectivity index (χ2v) is 5.50. The van der Waals surface area contributed by atoms with Crippen LogP contribution >= 0.6 is 0 Å². The average molecular weight is 272 g/mol. The number of Topliss-reactive ketones (excluding diaryl/α,β-unsaturated/α-hetero) is 1. The molecule has 1 aromatic rings. The van der Waals surface area contributed by atoms with Gasteiger partial charge in [-0.3, -0.25) is 4.79 Å². The number of ketones is 1. The first kappa shape index (κ1) is 13.2. The van der Waals surface area contributed by atoms with Crippen molar-refractivity contribution >= 4 is 5.78 Å². The first-order valence-electron chi connectivity index (χ1n) is 7.21. The van der Waals surface area contributed by atoms with Gasteiger partial charge in [-0.25, -0.2) is 0 Å². The molecule has 2 aliphatic carbocycles. The predicted octanol–water partition coefficient (Wildman–Crippen LogP) is 3.63. The Kier molecular flexibility index (Phi) is 3.51. The lowest BCUT2D eigenvalue weighted by Crippen LogP contribution is -2.04. The van der Waals surface area contributed by atoms with Crippen molar-refractivity contribution in [2.45, 2.75) is 38.0 Å². The van der Waals surface area contributed by atoms with Crippen LogP contribution in [0.1, 0.15) is 43.6 Å². The van der Waals surface area contributed by atoms with Gasteiger partial charge >= 0.3 is 0 Å². The van der Waals surface area contributed by atoms with Gasteiger partial charge in [0.05, 0.1) is 14.2 Å². The van der Waals surface area contributed by atoms with Crippen molar-refractivity contribution in [3.63, 3.8) is 0 Å². The predicted molar refractivity (Wildman–Crippen MR) is 77.4 cm³/mol. The largest absolute Gasteiger partial charge is 0.497 e. The van der Waals surface area contributed by atoms with Gasteiger partial charge in [-0.1, -0.05) is 11.6 Å². The topological polar surface area (TPSA) is 35.5 Å². The molecule has 0 spiro atoms. The Morgan fingerprint density at radius 3 is 2.65 bits per heavy atom. The molecule has 106 valence electrons. The fourth-order valence-electron chi connectivity index (χ4n) is 3.47. The average Bonchev–Trinajstić information content (AvgIpc) is 2.84. The molecule has 0 aliphatic heterocycles. The maximum Gasteiger partial charge on any atom is 0.159 e. The van der Waals surface area contributed by atoms with Crippen molar-refractivity contribution in [2.24, 2.45) is 0 Å². The van der Waals surface area contributed by atoms with E-state index in [1.54, 1.807) is 14.2 Å². The van der Waals surface area contributed by atoms with E-state index in [9.17, 15) is 4.79 Å². The third-order valence-electron chi connectivity index (χ3n) is 4.47. The molecule has 0 amide bonds. The number of rotatable bonds is 3. The zero-order valence-corrected chi connectivity index (χ0v) is 12.1. The van der Waals surface area contributed by atoms with Crippen LogP contribution in [0.5, 0.6) is 11.5 Å². The molecule has 0 N–H and O–H groups in total. The van der Waals surface area contributed by atoms with Gasteiger partial charge in [0.25, 0.3) is 0 Å². The monoisotopic (exact) mass is 272 g/mol. The molecule has 0 saturated carbocycles. The van der Waals surface area contributed by atoms with Crippen LogP contribution in [0.4, 0.5) is 0 Å². The molecule has 0 radical (unpaired) electrons. The third kappa shape index (κ3) is 2.11. The first-order valence-corrected chi connectivity index (χ1v) is 7.21. The van der Waals surface area contributed by atoms with E-state index in [2.05, 4.69) is 0 Å². The summed E-state index contributed by atoms with van der Waals surface area (Å²) in [7, 11) is 3.32. The smallest absolute Gasteiger partial charge is 0.159 e. The van der Waals surface area contributed by atoms with Gasteiger partial charge in [0.15, 0.2) is 5.78 Å². The number of allylic oxidation sites excluding steroid dienone is 2. The van der Waals surface area contributed by atoms with Gasteiger partial charge in [0, 0.05) is 24.0 Å². The Morgan fingerprint density at radius 1 is 1.10 bits per heavy atom. The summed E-state index contributed by atoms with van der Waals surface area (Å²) in [6.07, 6.45) is 4.97. The fourth-order valence-corrected chi connectivity index (χ4v) is 3.47. The van der Waals surface area contributed by atoms with Crippen molar-refractivity contribution in [1.82, 2.24) is 0 Å². The minimum Gasteiger partial charge on any atom is -0.497 e. The van der Waals surface area contributed by atoms with Gasteiger partial charge in [-0.15, -0.1) is 0 Å². The van der Waals surface area contributed by atoms with Crippen LogP contribution < -0.4 is 9.47 Å². The Bertz CT molecular complexity index is 572.